The maximum atomic E-state index is 11.4. The zero-order chi connectivity index (χ0) is 9.35. The van der Waals surface area contributed by atoms with Gasteiger partial charge in [-0.2, -0.15) is 0 Å². The van der Waals surface area contributed by atoms with Gasteiger partial charge in [0.1, 0.15) is 0 Å². The first-order valence-electron chi connectivity index (χ1n) is 3.94. The van der Waals surface area contributed by atoms with Gasteiger partial charge in [0.25, 0.3) is 0 Å². The standard InChI is InChI=1S/C8H14N2O2/c1-6-4-8(2,9-5-6)7(11)10(3)12/h5,9-10H,4H2,1-3H3. The van der Waals surface area contributed by atoms with Gasteiger partial charge in [-0.05, 0) is 20.0 Å². The fourth-order valence-electron chi connectivity index (χ4n) is 1.48. The van der Waals surface area contributed by atoms with Crippen LogP contribution >= 0.6 is 0 Å². The van der Waals surface area contributed by atoms with Gasteiger partial charge in [-0.25, -0.2) is 4.79 Å². The fourth-order valence-corrected chi connectivity index (χ4v) is 1.48. The Morgan fingerprint density at radius 1 is 1.83 bits per heavy atom. The number of amides is 1. The van der Waals surface area contributed by atoms with Crippen LogP contribution in [0, 0.1) is 5.21 Å². The van der Waals surface area contributed by atoms with E-state index in [1.807, 2.05) is 6.92 Å². The number of carbonyl (C=O) groups excluding carboxylic acids is 1. The third kappa shape index (κ3) is 1.49. The monoisotopic (exact) mass is 170 g/mol. The quantitative estimate of drug-likeness (QED) is 0.506. The molecule has 12 heavy (non-hydrogen) atoms. The van der Waals surface area contributed by atoms with Crippen molar-refractivity contribution in [3.63, 3.8) is 0 Å². The largest absolute Gasteiger partial charge is 0.627 e. The normalized spacial score (nSPS) is 30.8. The second-order valence-corrected chi connectivity index (χ2v) is 3.53. The van der Waals surface area contributed by atoms with E-state index in [-0.39, 0.29) is 11.0 Å². The Bertz CT molecular complexity index is 235. The molecular weight excluding hydrogens is 156 g/mol. The van der Waals surface area contributed by atoms with Crippen LogP contribution in [0.2, 0.25) is 0 Å². The molecule has 1 aliphatic heterocycles. The van der Waals surface area contributed by atoms with E-state index in [4.69, 9.17) is 0 Å². The summed E-state index contributed by atoms with van der Waals surface area (Å²) < 4.78 is 0. The molecule has 0 aromatic carbocycles. The number of quaternary nitrogens is 1. The Morgan fingerprint density at radius 2 is 2.42 bits per heavy atom. The van der Waals surface area contributed by atoms with Gasteiger partial charge < -0.3 is 15.6 Å². The molecule has 0 saturated heterocycles. The van der Waals surface area contributed by atoms with Crippen molar-refractivity contribution in [2.45, 2.75) is 25.8 Å². The van der Waals surface area contributed by atoms with Crippen LogP contribution < -0.4 is 10.4 Å². The average Bonchev–Trinajstić information content (AvgIpc) is 2.31. The van der Waals surface area contributed by atoms with Crippen LogP contribution in [0.15, 0.2) is 11.8 Å². The molecular formula is C8H14N2O2. The Hall–Kier alpha value is -0.870. The Balaban J connectivity index is 2.70. The van der Waals surface area contributed by atoms with Crippen LogP contribution in [-0.4, -0.2) is 18.5 Å². The zero-order valence-electron chi connectivity index (χ0n) is 7.60. The molecule has 1 heterocycles. The summed E-state index contributed by atoms with van der Waals surface area (Å²) in [6, 6.07) is 0. The molecule has 2 atom stereocenters. The van der Waals surface area contributed by atoms with E-state index < -0.39 is 5.54 Å². The van der Waals surface area contributed by atoms with E-state index in [2.05, 4.69) is 5.32 Å². The van der Waals surface area contributed by atoms with Crippen LogP contribution in [-0.2, 0) is 4.79 Å². The van der Waals surface area contributed by atoms with Gasteiger partial charge in [0.2, 0.25) is 0 Å². The molecule has 0 fully saturated rings. The lowest BCUT2D eigenvalue weighted by Gasteiger charge is -2.26. The highest BCUT2D eigenvalue weighted by Gasteiger charge is 2.39. The molecule has 0 radical (unpaired) electrons. The van der Waals surface area contributed by atoms with Gasteiger partial charge >= 0.3 is 5.91 Å². The van der Waals surface area contributed by atoms with E-state index in [0.717, 1.165) is 5.57 Å². The molecule has 0 saturated carbocycles. The Labute approximate surface area is 71.8 Å². The van der Waals surface area contributed by atoms with Crippen molar-refractivity contribution in [2.75, 3.05) is 7.05 Å². The van der Waals surface area contributed by atoms with Crippen molar-refractivity contribution in [1.29, 1.82) is 0 Å². The van der Waals surface area contributed by atoms with E-state index in [9.17, 15) is 10.0 Å². The minimum absolute atomic E-state index is 0.337. The lowest BCUT2D eigenvalue weighted by atomic mass is 9.96. The summed E-state index contributed by atoms with van der Waals surface area (Å²) in [5, 5.41) is 13.4. The Kier molecular flexibility index (Phi) is 2.21. The molecule has 0 spiro atoms. The van der Waals surface area contributed by atoms with E-state index in [0.29, 0.717) is 6.42 Å². The summed E-state index contributed by atoms with van der Waals surface area (Å²) in [6.45, 7) is 3.69. The highest BCUT2D eigenvalue weighted by molar-refractivity contribution is 5.79. The Morgan fingerprint density at radius 3 is 2.75 bits per heavy atom. The number of nitrogens with one attached hydrogen (secondary N) is 2. The number of hydrogen-bond donors (Lipinski definition) is 2. The predicted molar refractivity (Wildman–Crippen MR) is 45.2 cm³/mol. The molecule has 68 valence electrons. The first-order chi connectivity index (χ1) is 5.46. The maximum absolute atomic E-state index is 11.4. The summed E-state index contributed by atoms with van der Waals surface area (Å²) in [5.41, 5.74) is 0.419. The van der Waals surface area contributed by atoms with Gasteiger partial charge in [-0.1, -0.05) is 5.57 Å². The van der Waals surface area contributed by atoms with Gasteiger partial charge in [-0.3, -0.25) is 0 Å². The summed E-state index contributed by atoms with van der Waals surface area (Å²) in [4.78, 5) is 11.4. The predicted octanol–water partition coefficient (Wildman–Crippen LogP) is -0.819. The molecule has 2 N–H and O–H groups in total. The molecule has 0 aliphatic carbocycles. The van der Waals surface area contributed by atoms with E-state index in [1.165, 1.54) is 7.05 Å². The number of likely N-dealkylation sites (N-methyl/N-ethyl adjacent to an activating group) is 1. The van der Waals surface area contributed by atoms with Crippen molar-refractivity contribution in [3.05, 3.63) is 17.0 Å². The fraction of sp³-hybridized carbons (Fsp3) is 0.625. The second-order valence-electron chi connectivity index (χ2n) is 3.53. The second kappa shape index (κ2) is 2.88. The molecule has 4 heteroatoms. The van der Waals surface area contributed by atoms with Gasteiger partial charge in [0, 0.05) is 6.42 Å². The van der Waals surface area contributed by atoms with Gasteiger partial charge in [0.05, 0.1) is 7.05 Å². The van der Waals surface area contributed by atoms with Crippen LogP contribution in [0.1, 0.15) is 20.3 Å². The highest BCUT2D eigenvalue weighted by atomic mass is 16.5. The maximum Gasteiger partial charge on any atom is 0.337 e. The molecule has 1 rings (SSSR count). The molecule has 4 nitrogen and oxygen atoms in total. The zero-order valence-corrected chi connectivity index (χ0v) is 7.60. The minimum Gasteiger partial charge on any atom is -0.627 e. The van der Waals surface area contributed by atoms with Crippen LogP contribution in [0.5, 0.6) is 0 Å². The molecule has 2 unspecified atom stereocenters. The third-order valence-corrected chi connectivity index (χ3v) is 2.09. The lowest BCUT2D eigenvalue weighted by molar-refractivity contribution is -0.743. The first kappa shape index (κ1) is 9.22. The molecule has 1 aliphatic rings. The van der Waals surface area contributed by atoms with Gasteiger partial charge in [-0.15, -0.1) is 0 Å². The van der Waals surface area contributed by atoms with Crippen molar-refractivity contribution in [3.8, 4) is 0 Å². The number of hydrogen-bond acceptors (Lipinski definition) is 3. The summed E-state index contributed by atoms with van der Waals surface area (Å²) in [6.07, 6.45) is 2.42. The highest BCUT2D eigenvalue weighted by Crippen LogP contribution is 2.21. The van der Waals surface area contributed by atoms with Crippen molar-refractivity contribution in [2.24, 2.45) is 0 Å². The minimum atomic E-state index is -0.685. The summed E-state index contributed by atoms with van der Waals surface area (Å²) in [5.74, 6) is -0.337. The van der Waals surface area contributed by atoms with Crippen LogP contribution in [0.4, 0.5) is 0 Å². The number of hydroxylamine groups is 2. The molecule has 0 aromatic rings. The topological polar surface area (TPSA) is 56.6 Å². The number of carbonyl (C=O) groups is 1. The molecule has 1 amide bonds. The van der Waals surface area contributed by atoms with Crippen molar-refractivity contribution >= 4 is 5.91 Å². The lowest BCUT2D eigenvalue weighted by Crippen LogP contribution is -3.09. The molecule has 0 aromatic heterocycles. The van der Waals surface area contributed by atoms with Gasteiger partial charge in [0.15, 0.2) is 5.54 Å². The SMILES string of the molecule is CC1=CNC(C)(C(=O)[NH+](C)[O-])C1. The number of rotatable bonds is 1. The summed E-state index contributed by atoms with van der Waals surface area (Å²) in [7, 11) is 1.31. The molecule has 0 bridgehead atoms. The smallest absolute Gasteiger partial charge is 0.337 e. The first-order valence-corrected chi connectivity index (χ1v) is 3.94. The average molecular weight is 170 g/mol. The van der Waals surface area contributed by atoms with Crippen molar-refractivity contribution < 1.29 is 9.86 Å². The summed E-state index contributed by atoms with van der Waals surface area (Å²) >= 11 is 0. The third-order valence-electron chi connectivity index (χ3n) is 2.09. The van der Waals surface area contributed by atoms with E-state index in [1.54, 1.807) is 13.1 Å². The van der Waals surface area contributed by atoms with E-state index >= 15 is 0 Å². The van der Waals surface area contributed by atoms with Crippen LogP contribution in [0.3, 0.4) is 0 Å². The van der Waals surface area contributed by atoms with Crippen LogP contribution in [0.25, 0.3) is 0 Å². The van der Waals surface area contributed by atoms with Crippen molar-refractivity contribution in [1.82, 2.24) is 5.32 Å².